The third-order valence-corrected chi connectivity index (χ3v) is 2.08. The molecule has 1 heterocycles. The minimum atomic E-state index is -4.30. The van der Waals surface area contributed by atoms with E-state index in [0.29, 0.717) is 5.56 Å². The number of hydrogen-bond acceptors (Lipinski definition) is 3. The number of rotatable bonds is 3. The van der Waals surface area contributed by atoms with Crippen LogP contribution in [0.4, 0.5) is 13.2 Å². The van der Waals surface area contributed by atoms with Gasteiger partial charge >= 0.3 is 6.18 Å². The Hall–Kier alpha value is -2.07. The summed E-state index contributed by atoms with van der Waals surface area (Å²) >= 11 is 0. The molecule has 1 rings (SSSR count). The van der Waals surface area contributed by atoms with E-state index in [4.69, 9.17) is 5.73 Å². The highest BCUT2D eigenvalue weighted by molar-refractivity contribution is 5.96. The molecule has 0 fully saturated rings. The van der Waals surface area contributed by atoms with E-state index in [1.54, 1.807) is 0 Å². The highest BCUT2D eigenvalue weighted by Gasteiger charge is 2.26. The quantitative estimate of drug-likeness (QED) is 0.808. The van der Waals surface area contributed by atoms with E-state index >= 15 is 0 Å². The summed E-state index contributed by atoms with van der Waals surface area (Å²) in [5.41, 5.74) is 5.72. The number of pyridine rings is 1. The average molecular weight is 271 g/mol. The van der Waals surface area contributed by atoms with E-state index < -0.39 is 25.0 Å². The first kappa shape index (κ1) is 15.0. The molecule has 4 nitrogen and oxygen atoms in total. The largest absolute Gasteiger partial charge is 0.390 e. The molecule has 0 radical (unpaired) electrons. The molecule has 0 saturated heterocycles. The van der Waals surface area contributed by atoms with Gasteiger partial charge in [-0.25, -0.2) is 0 Å². The van der Waals surface area contributed by atoms with Crippen molar-refractivity contribution in [2.24, 2.45) is 5.73 Å². The molecule has 7 heteroatoms. The Morgan fingerprint density at radius 2 is 2.21 bits per heavy atom. The van der Waals surface area contributed by atoms with Crippen LogP contribution in [0.15, 0.2) is 18.5 Å². The fourth-order valence-corrected chi connectivity index (χ4v) is 1.25. The third kappa shape index (κ3) is 5.40. The normalized spacial score (nSPS) is 10.5. The van der Waals surface area contributed by atoms with Crippen LogP contribution < -0.4 is 11.1 Å². The van der Waals surface area contributed by atoms with Crippen LogP contribution in [0.25, 0.3) is 0 Å². The van der Waals surface area contributed by atoms with Gasteiger partial charge in [0.1, 0.15) is 0 Å². The molecular formula is C12H12F3N3O. The summed E-state index contributed by atoms with van der Waals surface area (Å²) in [6.45, 7) is -0.363. The Bertz CT molecular complexity index is 503. The number of carbonyl (C=O) groups is 1. The maximum absolute atomic E-state index is 12.0. The summed E-state index contributed by atoms with van der Waals surface area (Å²) in [6.07, 6.45) is -2.64. The number of hydrogen-bond donors (Lipinski definition) is 2. The van der Waals surface area contributed by atoms with E-state index in [9.17, 15) is 18.0 Å². The monoisotopic (exact) mass is 271 g/mol. The van der Waals surface area contributed by atoms with Gasteiger partial charge in [0.05, 0.1) is 24.1 Å². The molecule has 19 heavy (non-hydrogen) atoms. The first-order chi connectivity index (χ1) is 8.94. The van der Waals surface area contributed by atoms with Crippen LogP contribution in [-0.4, -0.2) is 30.2 Å². The van der Waals surface area contributed by atoms with E-state index in [2.05, 4.69) is 22.1 Å². The SMILES string of the molecule is NCC#Cc1cnccc1C(=O)NCCC(F)(F)F. The van der Waals surface area contributed by atoms with E-state index in [1.165, 1.54) is 18.5 Å². The number of nitrogens with two attached hydrogens (primary N) is 1. The maximum atomic E-state index is 12.0. The summed E-state index contributed by atoms with van der Waals surface area (Å²) in [6, 6.07) is 1.39. The van der Waals surface area contributed by atoms with Gasteiger partial charge in [0.15, 0.2) is 0 Å². The molecule has 102 valence electrons. The molecule has 0 unspecified atom stereocenters. The third-order valence-electron chi connectivity index (χ3n) is 2.08. The molecular weight excluding hydrogens is 259 g/mol. The van der Waals surface area contributed by atoms with E-state index in [-0.39, 0.29) is 12.1 Å². The smallest absolute Gasteiger partial charge is 0.352 e. The van der Waals surface area contributed by atoms with Crippen LogP contribution >= 0.6 is 0 Å². The lowest BCUT2D eigenvalue weighted by atomic mass is 10.1. The molecule has 0 aliphatic rings. The number of carbonyl (C=O) groups excluding carboxylic acids is 1. The molecule has 1 amide bonds. The second kappa shape index (κ2) is 6.75. The summed E-state index contributed by atoms with van der Waals surface area (Å²) in [5, 5.41) is 2.19. The second-order valence-electron chi connectivity index (χ2n) is 3.55. The van der Waals surface area contributed by atoms with Gasteiger partial charge in [-0.15, -0.1) is 0 Å². The van der Waals surface area contributed by atoms with Crippen molar-refractivity contribution in [2.45, 2.75) is 12.6 Å². The Morgan fingerprint density at radius 3 is 2.84 bits per heavy atom. The lowest BCUT2D eigenvalue weighted by Gasteiger charge is -2.08. The molecule has 0 spiro atoms. The van der Waals surface area contributed by atoms with Gasteiger partial charge in [0, 0.05) is 18.9 Å². The standard InChI is InChI=1S/C12H12F3N3O/c13-12(14,15)4-7-18-11(19)10-3-6-17-8-9(10)2-1-5-16/h3,6,8H,4-5,7,16H2,(H,18,19). The summed E-state index contributed by atoms with van der Waals surface area (Å²) in [5.74, 6) is 4.58. The number of nitrogens with one attached hydrogen (secondary N) is 1. The highest BCUT2D eigenvalue weighted by Crippen LogP contribution is 2.18. The molecule has 0 aliphatic heterocycles. The molecule has 3 N–H and O–H groups in total. The van der Waals surface area contributed by atoms with Gasteiger partial charge in [0.2, 0.25) is 0 Å². The van der Waals surface area contributed by atoms with Crippen molar-refractivity contribution in [3.63, 3.8) is 0 Å². The van der Waals surface area contributed by atoms with Gasteiger partial charge in [0.25, 0.3) is 5.91 Å². The zero-order valence-electron chi connectivity index (χ0n) is 9.92. The van der Waals surface area contributed by atoms with E-state index in [1.807, 2.05) is 0 Å². The summed E-state index contributed by atoms with van der Waals surface area (Å²) < 4.78 is 35.9. The molecule has 1 aromatic rings. The summed E-state index contributed by atoms with van der Waals surface area (Å²) in [7, 11) is 0. The van der Waals surface area contributed by atoms with Crippen LogP contribution in [0.2, 0.25) is 0 Å². The van der Waals surface area contributed by atoms with Gasteiger partial charge in [-0.3, -0.25) is 9.78 Å². The van der Waals surface area contributed by atoms with Crippen LogP contribution in [0, 0.1) is 11.8 Å². The fourth-order valence-electron chi connectivity index (χ4n) is 1.25. The molecule has 0 atom stereocenters. The van der Waals surface area contributed by atoms with Crippen molar-refractivity contribution in [3.05, 3.63) is 29.6 Å². The Kier molecular flexibility index (Phi) is 5.33. The topological polar surface area (TPSA) is 68.0 Å². The summed E-state index contributed by atoms with van der Waals surface area (Å²) in [4.78, 5) is 15.5. The molecule has 0 aliphatic carbocycles. The van der Waals surface area contributed by atoms with Crippen molar-refractivity contribution >= 4 is 5.91 Å². The lowest BCUT2D eigenvalue weighted by molar-refractivity contribution is -0.132. The van der Waals surface area contributed by atoms with Gasteiger partial charge < -0.3 is 11.1 Å². The van der Waals surface area contributed by atoms with Gasteiger partial charge in [-0.1, -0.05) is 11.8 Å². The molecule has 1 aromatic heterocycles. The van der Waals surface area contributed by atoms with Crippen LogP contribution in [0.3, 0.4) is 0 Å². The van der Waals surface area contributed by atoms with Crippen LogP contribution in [0.5, 0.6) is 0 Å². The minimum absolute atomic E-state index is 0.115. The van der Waals surface area contributed by atoms with Gasteiger partial charge in [-0.05, 0) is 6.07 Å². The number of nitrogens with zero attached hydrogens (tertiary/aromatic N) is 1. The van der Waals surface area contributed by atoms with Crippen molar-refractivity contribution in [2.75, 3.05) is 13.1 Å². The Balaban J connectivity index is 2.72. The predicted octanol–water partition coefficient (Wildman–Crippen LogP) is 1.07. The first-order valence-corrected chi connectivity index (χ1v) is 5.42. The first-order valence-electron chi connectivity index (χ1n) is 5.42. The Labute approximate surface area is 108 Å². The molecule has 0 bridgehead atoms. The zero-order chi connectivity index (χ0) is 14.3. The number of aromatic nitrogens is 1. The molecule has 0 saturated carbocycles. The second-order valence-corrected chi connectivity index (χ2v) is 3.55. The lowest BCUT2D eigenvalue weighted by Crippen LogP contribution is -2.28. The minimum Gasteiger partial charge on any atom is -0.352 e. The van der Waals surface area contributed by atoms with Crippen LogP contribution in [-0.2, 0) is 0 Å². The number of halogens is 3. The predicted molar refractivity (Wildman–Crippen MR) is 63.2 cm³/mol. The number of amides is 1. The average Bonchev–Trinajstić information content (AvgIpc) is 2.35. The zero-order valence-corrected chi connectivity index (χ0v) is 9.92. The van der Waals surface area contributed by atoms with Crippen molar-refractivity contribution in [3.8, 4) is 11.8 Å². The van der Waals surface area contributed by atoms with Crippen molar-refractivity contribution in [1.82, 2.24) is 10.3 Å². The van der Waals surface area contributed by atoms with Crippen LogP contribution in [0.1, 0.15) is 22.3 Å². The van der Waals surface area contributed by atoms with Crippen molar-refractivity contribution in [1.29, 1.82) is 0 Å². The maximum Gasteiger partial charge on any atom is 0.390 e. The van der Waals surface area contributed by atoms with Gasteiger partial charge in [-0.2, -0.15) is 13.2 Å². The van der Waals surface area contributed by atoms with E-state index in [0.717, 1.165) is 0 Å². The fraction of sp³-hybridized carbons (Fsp3) is 0.333. The van der Waals surface area contributed by atoms with Crippen molar-refractivity contribution < 1.29 is 18.0 Å². The Morgan fingerprint density at radius 1 is 1.47 bits per heavy atom. The molecule has 0 aromatic carbocycles. The number of alkyl halides is 3. The highest BCUT2D eigenvalue weighted by atomic mass is 19.4.